The van der Waals surface area contributed by atoms with Crippen LogP contribution in [0.2, 0.25) is 0 Å². The maximum Gasteiger partial charge on any atom is 0.219 e. The van der Waals surface area contributed by atoms with Crippen molar-refractivity contribution < 1.29 is 4.79 Å². The molecule has 1 atom stereocenters. The van der Waals surface area contributed by atoms with Gasteiger partial charge in [0, 0.05) is 39.0 Å². The maximum atomic E-state index is 11.4. The van der Waals surface area contributed by atoms with Gasteiger partial charge in [-0.15, -0.1) is 0 Å². The molecular formula is C17H22N4O. The molecule has 5 heteroatoms. The molecule has 22 heavy (non-hydrogen) atoms. The number of likely N-dealkylation sites (tertiary alicyclic amines) is 1. The van der Waals surface area contributed by atoms with E-state index in [9.17, 15) is 4.79 Å². The molecule has 1 saturated heterocycles. The summed E-state index contributed by atoms with van der Waals surface area (Å²) in [5.74, 6) is 0.736. The fourth-order valence-electron chi connectivity index (χ4n) is 3.16. The summed E-state index contributed by atoms with van der Waals surface area (Å²) < 4.78 is 1.96. The van der Waals surface area contributed by atoms with Crippen molar-refractivity contribution in [1.82, 2.24) is 19.7 Å². The van der Waals surface area contributed by atoms with E-state index in [1.807, 2.05) is 28.0 Å². The number of aromatic nitrogens is 3. The summed E-state index contributed by atoms with van der Waals surface area (Å²) in [6.07, 6.45) is 5.77. The molecule has 0 aliphatic carbocycles. The number of amides is 1. The molecule has 0 unspecified atom stereocenters. The zero-order valence-corrected chi connectivity index (χ0v) is 13.2. The Balaban J connectivity index is 1.74. The molecule has 1 fully saturated rings. The Morgan fingerprint density at radius 3 is 2.95 bits per heavy atom. The third-order valence-corrected chi connectivity index (χ3v) is 4.36. The number of nitrogens with zero attached hydrogens (tertiary/aromatic N) is 4. The summed E-state index contributed by atoms with van der Waals surface area (Å²) in [7, 11) is 0. The van der Waals surface area contributed by atoms with Crippen LogP contribution in [0.15, 0.2) is 30.6 Å². The van der Waals surface area contributed by atoms with Crippen LogP contribution in [0.1, 0.15) is 25.8 Å². The lowest BCUT2D eigenvalue weighted by Gasteiger charge is -2.14. The number of pyridine rings is 1. The van der Waals surface area contributed by atoms with E-state index < -0.39 is 0 Å². The average molecular weight is 298 g/mol. The number of carbonyl (C=O) groups is 1. The second kappa shape index (κ2) is 6.30. The van der Waals surface area contributed by atoms with Gasteiger partial charge in [-0.2, -0.15) is 5.10 Å². The quantitative estimate of drug-likeness (QED) is 0.871. The van der Waals surface area contributed by atoms with Crippen molar-refractivity contribution in [3.05, 3.63) is 36.2 Å². The van der Waals surface area contributed by atoms with Crippen molar-refractivity contribution in [1.29, 1.82) is 0 Å². The van der Waals surface area contributed by atoms with Gasteiger partial charge in [0.1, 0.15) is 0 Å². The minimum atomic E-state index is 0.185. The topological polar surface area (TPSA) is 51.0 Å². The van der Waals surface area contributed by atoms with E-state index >= 15 is 0 Å². The molecule has 3 heterocycles. The van der Waals surface area contributed by atoms with Gasteiger partial charge in [0.05, 0.1) is 11.4 Å². The predicted octanol–water partition coefficient (Wildman–Crippen LogP) is 2.38. The average Bonchev–Trinajstić information content (AvgIpc) is 3.16. The van der Waals surface area contributed by atoms with Crippen molar-refractivity contribution in [2.24, 2.45) is 5.92 Å². The van der Waals surface area contributed by atoms with Crippen LogP contribution in [-0.4, -0.2) is 38.7 Å². The Kier molecular flexibility index (Phi) is 4.22. The molecule has 0 aromatic carbocycles. The summed E-state index contributed by atoms with van der Waals surface area (Å²) in [6, 6.07) is 6.23. The van der Waals surface area contributed by atoms with E-state index in [0.29, 0.717) is 5.92 Å². The van der Waals surface area contributed by atoms with Crippen LogP contribution in [0.4, 0.5) is 0 Å². The molecule has 2 aromatic heterocycles. The molecule has 0 N–H and O–H groups in total. The first-order chi connectivity index (χ1) is 10.7. The molecule has 3 rings (SSSR count). The van der Waals surface area contributed by atoms with Crippen molar-refractivity contribution in [3.63, 3.8) is 0 Å². The molecular weight excluding hydrogens is 276 g/mol. The zero-order valence-electron chi connectivity index (χ0n) is 13.2. The van der Waals surface area contributed by atoms with Crippen molar-refractivity contribution >= 4 is 5.91 Å². The third kappa shape index (κ3) is 3.03. The first-order valence-corrected chi connectivity index (χ1v) is 7.90. The van der Waals surface area contributed by atoms with Gasteiger partial charge in [-0.05, 0) is 49.4 Å². The number of rotatable bonds is 4. The lowest BCUT2D eigenvalue weighted by Crippen LogP contribution is -2.26. The van der Waals surface area contributed by atoms with Crippen LogP contribution >= 0.6 is 0 Å². The van der Waals surface area contributed by atoms with E-state index in [1.54, 1.807) is 6.92 Å². The van der Waals surface area contributed by atoms with E-state index in [2.05, 4.69) is 29.1 Å². The monoisotopic (exact) mass is 298 g/mol. The van der Waals surface area contributed by atoms with Gasteiger partial charge >= 0.3 is 0 Å². The van der Waals surface area contributed by atoms with E-state index in [4.69, 9.17) is 0 Å². The first-order valence-electron chi connectivity index (χ1n) is 7.90. The Morgan fingerprint density at radius 2 is 2.23 bits per heavy atom. The van der Waals surface area contributed by atoms with Gasteiger partial charge in [-0.3, -0.25) is 14.5 Å². The van der Waals surface area contributed by atoms with Crippen LogP contribution in [0, 0.1) is 5.92 Å². The van der Waals surface area contributed by atoms with Crippen molar-refractivity contribution in [2.75, 3.05) is 13.1 Å². The second-order valence-corrected chi connectivity index (χ2v) is 5.91. The largest absolute Gasteiger partial charge is 0.343 e. The number of hydrogen-bond acceptors (Lipinski definition) is 3. The molecule has 2 aromatic rings. The normalized spacial score (nSPS) is 17.9. The highest BCUT2D eigenvalue weighted by Crippen LogP contribution is 2.23. The van der Waals surface area contributed by atoms with Gasteiger partial charge in [0.15, 0.2) is 0 Å². The highest BCUT2D eigenvalue weighted by molar-refractivity contribution is 5.73. The lowest BCUT2D eigenvalue weighted by molar-refractivity contribution is -0.127. The zero-order chi connectivity index (χ0) is 15.5. The molecule has 5 nitrogen and oxygen atoms in total. The van der Waals surface area contributed by atoms with Crippen LogP contribution in [0.25, 0.3) is 11.4 Å². The molecule has 0 radical (unpaired) electrons. The highest BCUT2D eigenvalue weighted by Gasteiger charge is 2.24. The summed E-state index contributed by atoms with van der Waals surface area (Å²) in [4.78, 5) is 17.9. The van der Waals surface area contributed by atoms with Crippen LogP contribution in [0.3, 0.4) is 0 Å². The minimum absolute atomic E-state index is 0.185. The first kappa shape index (κ1) is 14.8. The third-order valence-electron chi connectivity index (χ3n) is 4.36. The molecule has 1 aliphatic rings. The number of aryl methyl sites for hydroxylation is 1. The lowest BCUT2D eigenvalue weighted by atomic mass is 9.98. The molecule has 0 bridgehead atoms. The van der Waals surface area contributed by atoms with Crippen LogP contribution in [-0.2, 0) is 17.8 Å². The molecule has 116 valence electrons. The number of carbonyl (C=O) groups excluding carboxylic acids is 1. The molecule has 0 spiro atoms. The van der Waals surface area contributed by atoms with Gasteiger partial charge in [-0.1, -0.05) is 0 Å². The standard InChI is InChI=1S/C17H22N4O/c1-3-21-17(5-8-19-21)16-11-14(4-7-18-16)10-15-6-9-20(12-15)13(2)22/h4-5,7-8,11,15H,3,6,9-10,12H2,1-2H3/t15-/m0/s1. The van der Waals surface area contributed by atoms with Gasteiger partial charge in [0.2, 0.25) is 5.91 Å². The van der Waals surface area contributed by atoms with Gasteiger partial charge in [-0.25, -0.2) is 0 Å². The van der Waals surface area contributed by atoms with Crippen molar-refractivity contribution in [3.8, 4) is 11.4 Å². The summed E-state index contributed by atoms with van der Waals surface area (Å²) in [6.45, 7) is 6.33. The fourth-order valence-corrected chi connectivity index (χ4v) is 3.16. The Hall–Kier alpha value is -2.17. The maximum absolute atomic E-state index is 11.4. The van der Waals surface area contributed by atoms with E-state index in [1.165, 1.54) is 5.56 Å². The van der Waals surface area contributed by atoms with Crippen molar-refractivity contribution in [2.45, 2.75) is 33.2 Å². The summed E-state index contributed by atoms with van der Waals surface area (Å²) >= 11 is 0. The summed E-state index contributed by atoms with van der Waals surface area (Å²) in [5, 5.41) is 4.31. The summed E-state index contributed by atoms with van der Waals surface area (Å²) in [5.41, 5.74) is 3.31. The van der Waals surface area contributed by atoms with Gasteiger partial charge in [0.25, 0.3) is 0 Å². The van der Waals surface area contributed by atoms with Crippen LogP contribution < -0.4 is 0 Å². The number of hydrogen-bond donors (Lipinski definition) is 0. The Labute approximate surface area is 131 Å². The van der Waals surface area contributed by atoms with Gasteiger partial charge < -0.3 is 4.90 Å². The molecule has 0 saturated carbocycles. The molecule has 1 amide bonds. The van der Waals surface area contributed by atoms with E-state index in [-0.39, 0.29) is 5.91 Å². The SMILES string of the molecule is CCn1nccc1-c1cc(C[C@@H]2CCN(C(C)=O)C2)ccn1. The van der Waals surface area contributed by atoms with E-state index in [0.717, 1.165) is 43.9 Å². The Bertz CT molecular complexity index is 664. The second-order valence-electron chi connectivity index (χ2n) is 5.91. The fraction of sp³-hybridized carbons (Fsp3) is 0.471. The predicted molar refractivity (Wildman–Crippen MR) is 85.2 cm³/mol. The Morgan fingerprint density at radius 1 is 1.36 bits per heavy atom. The highest BCUT2D eigenvalue weighted by atomic mass is 16.2. The minimum Gasteiger partial charge on any atom is -0.343 e. The van der Waals surface area contributed by atoms with Crippen LogP contribution in [0.5, 0.6) is 0 Å². The molecule has 1 aliphatic heterocycles. The smallest absolute Gasteiger partial charge is 0.219 e.